The fraction of sp³-hybridized carbons (Fsp3) is 0.545. The van der Waals surface area contributed by atoms with Gasteiger partial charge in [0.15, 0.2) is 0 Å². The Morgan fingerprint density at radius 1 is 1.31 bits per heavy atom. The maximum absolute atomic E-state index is 12.2. The highest BCUT2D eigenvalue weighted by molar-refractivity contribution is 5.20. The summed E-state index contributed by atoms with van der Waals surface area (Å²) in [4.78, 5) is 3.37. The molecule has 0 spiro atoms. The molecular formula is C11H14F3NO. The lowest BCUT2D eigenvalue weighted by Crippen LogP contribution is -2.13. The Balaban J connectivity index is 2.94. The molecule has 1 atom stereocenters. The number of aliphatic hydroxyl groups is 1. The second-order valence-electron chi connectivity index (χ2n) is 4.01. The zero-order chi connectivity index (χ0) is 12.3. The van der Waals surface area contributed by atoms with E-state index in [-0.39, 0.29) is 18.4 Å². The van der Waals surface area contributed by atoms with Gasteiger partial charge >= 0.3 is 6.18 Å². The van der Waals surface area contributed by atoms with Crippen LogP contribution in [0.5, 0.6) is 0 Å². The van der Waals surface area contributed by atoms with E-state index in [4.69, 9.17) is 5.11 Å². The van der Waals surface area contributed by atoms with E-state index in [1.165, 1.54) is 12.3 Å². The molecule has 0 fully saturated rings. The molecule has 0 saturated carbocycles. The Bertz CT molecular complexity index is 332. The molecule has 0 amide bonds. The number of rotatable bonds is 3. The Hall–Kier alpha value is -1.10. The highest BCUT2D eigenvalue weighted by atomic mass is 19.4. The topological polar surface area (TPSA) is 33.1 Å². The number of hydrogen-bond acceptors (Lipinski definition) is 2. The van der Waals surface area contributed by atoms with Crippen LogP contribution in [-0.4, -0.2) is 16.7 Å². The molecule has 1 rings (SSSR count). The first-order valence-corrected chi connectivity index (χ1v) is 5.00. The lowest BCUT2D eigenvalue weighted by Gasteiger charge is -2.18. The van der Waals surface area contributed by atoms with Crippen molar-refractivity contribution in [3.8, 4) is 0 Å². The summed E-state index contributed by atoms with van der Waals surface area (Å²) < 4.78 is 36.7. The van der Waals surface area contributed by atoms with Gasteiger partial charge in [-0.3, -0.25) is 4.98 Å². The van der Waals surface area contributed by atoms with Crippen molar-refractivity contribution in [3.05, 3.63) is 29.6 Å². The third kappa shape index (κ3) is 2.95. The van der Waals surface area contributed by atoms with Crippen LogP contribution in [0.3, 0.4) is 0 Å². The third-order valence-corrected chi connectivity index (χ3v) is 2.51. The molecule has 1 N–H and O–H groups in total. The second kappa shape index (κ2) is 4.82. The molecule has 16 heavy (non-hydrogen) atoms. The average Bonchev–Trinajstić information content (AvgIpc) is 2.17. The molecule has 0 aromatic carbocycles. The molecule has 0 aliphatic carbocycles. The number of pyridine rings is 1. The van der Waals surface area contributed by atoms with E-state index >= 15 is 0 Å². The van der Waals surface area contributed by atoms with Crippen LogP contribution in [0.2, 0.25) is 0 Å². The van der Waals surface area contributed by atoms with Gasteiger partial charge in [-0.15, -0.1) is 0 Å². The van der Waals surface area contributed by atoms with Gasteiger partial charge in [-0.2, -0.15) is 13.2 Å². The summed E-state index contributed by atoms with van der Waals surface area (Å²) in [5, 5.41) is 9.13. The molecule has 1 aromatic heterocycles. The smallest absolute Gasteiger partial charge is 0.396 e. The predicted octanol–water partition coefficient (Wildman–Crippen LogP) is 2.83. The number of nitrogens with zero attached hydrogens (tertiary/aromatic N) is 1. The van der Waals surface area contributed by atoms with E-state index in [1.54, 1.807) is 0 Å². The highest BCUT2D eigenvalue weighted by Crippen LogP contribution is 2.29. The van der Waals surface area contributed by atoms with E-state index in [2.05, 4.69) is 4.98 Å². The summed E-state index contributed by atoms with van der Waals surface area (Å²) in [5.74, 6) is -0.0154. The Labute approximate surface area is 92.1 Å². The fourth-order valence-electron chi connectivity index (χ4n) is 1.49. The maximum Gasteiger partial charge on any atom is 0.433 e. The van der Waals surface area contributed by atoms with E-state index in [9.17, 15) is 13.2 Å². The Morgan fingerprint density at radius 3 is 2.25 bits per heavy atom. The van der Waals surface area contributed by atoms with E-state index in [1.807, 2.05) is 13.8 Å². The van der Waals surface area contributed by atoms with E-state index in [0.29, 0.717) is 5.56 Å². The fourth-order valence-corrected chi connectivity index (χ4v) is 1.49. The van der Waals surface area contributed by atoms with Crippen LogP contribution in [-0.2, 0) is 6.18 Å². The quantitative estimate of drug-likeness (QED) is 0.870. The lowest BCUT2D eigenvalue weighted by molar-refractivity contribution is -0.141. The van der Waals surface area contributed by atoms with Crippen LogP contribution in [0.4, 0.5) is 13.2 Å². The van der Waals surface area contributed by atoms with Crippen LogP contribution >= 0.6 is 0 Å². The molecule has 0 radical (unpaired) electrons. The van der Waals surface area contributed by atoms with Gasteiger partial charge in [0.1, 0.15) is 5.69 Å². The largest absolute Gasteiger partial charge is 0.433 e. The highest BCUT2D eigenvalue weighted by Gasteiger charge is 2.32. The molecule has 5 heteroatoms. The summed E-state index contributed by atoms with van der Waals surface area (Å²) in [6.45, 7) is 3.71. The van der Waals surface area contributed by atoms with E-state index in [0.717, 1.165) is 6.07 Å². The summed E-state index contributed by atoms with van der Waals surface area (Å²) in [5.41, 5.74) is -0.276. The summed E-state index contributed by atoms with van der Waals surface area (Å²) in [6.07, 6.45) is -3.23. The molecule has 1 aromatic rings. The number of halogens is 3. The van der Waals surface area contributed by atoms with Crippen molar-refractivity contribution >= 4 is 0 Å². The van der Waals surface area contributed by atoms with Gasteiger partial charge in [0.05, 0.1) is 6.61 Å². The lowest BCUT2D eigenvalue weighted by atomic mass is 9.90. The summed E-state index contributed by atoms with van der Waals surface area (Å²) in [7, 11) is 0. The molecule has 0 aliphatic rings. The maximum atomic E-state index is 12.2. The SMILES string of the molecule is CC(C)[C@H](CO)c1ccc(C(F)(F)F)nc1. The predicted molar refractivity (Wildman–Crippen MR) is 53.9 cm³/mol. The van der Waals surface area contributed by atoms with Crippen LogP contribution < -0.4 is 0 Å². The first-order valence-electron chi connectivity index (χ1n) is 5.00. The van der Waals surface area contributed by atoms with Crippen molar-refractivity contribution in [2.45, 2.75) is 25.9 Å². The van der Waals surface area contributed by atoms with Gasteiger partial charge < -0.3 is 5.11 Å². The van der Waals surface area contributed by atoms with Crippen LogP contribution in [0.25, 0.3) is 0 Å². The first kappa shape index (κ1) is 13.0. The number of hydrogen-bond donors (Lipinski definition) is 1. The standard InChI is InChI=1S/C11H14F3NO/c1-7(2)9(6-16)8-3-4-10(15-5-8)11(12,13)14/h3-5,7,9,16H,6H2,1-2H3/t9-/m0/s1. The van der Waals surface area contributed by atoms with Gasteiger partial charge in [0, 0.05) is 12.1 Å². The minimum Gasteiger partial charge on any atom is -0.396 e. The molecule has 2 nitrogen and oxygen atoms in total. The van der Waals surface area contributed by atoms with Gasteiger partial charge in [-0.1, -0.05) is 19.9 Å². The number of aromatic nitrogens is 1. The minimum atomic E-state index is -4.41. The zero-order valence-electron chi connectivity index (χ0n) is 9.12. The molecule has 1 heterocycles. The van der Waals surface area contributed by atoms with Crippen molar-refractivity contribution < 1.29 is 18.3 Å². The van der Waals surface area contributed by atoms with Gasteiger partial charge in [0.25, 0.3) is 0 Å². The van der Waals surface area contributed by atoms with E-state index < -0.39 is 11.9 Å². The van der Waals surface area contributed by atoms with Crippen molar-refractivity contribution in [2.75, 3.05) is 6.61 Å². The summed E-state index contributed by atoms with van der Waals surface area (Å²) >= 11 is 0. The Kier molecular flexibility index (Phi) is 3.91. The molecule has 0 unspecified atom stereocenters. The molecule has 0 saturated heterocycles. The van der Waals surface area contributed by atoms with Crippen LogP contribution in [0.15, 0.2) is 18.3 Å². The van der Waals surface area contributed by atoms with Crippen LogP contribution in [0, 0.1) is 5.92 Å². The molecule has 90 valence electrons. The molecule has 0 bridgehead atoms. The monoisotopic (exact) mass is 233 g/mol. The zero-order valence-corrected chi connectivity index (χ0v) is 9.12. The first-order chi connectivity index (χ1) is 7.36. The van der Waals surface area contributed by atoms with Crippen molar-refractivity contribution in [1.29, 1.82) is 0 Å². The van der Waals surface area contributed by atoms with Gasteiger partial charge in [-0.05, 0) is 17.5 Å². The number of aliphatic hydroxyl groups excluding tert-OH is 1. The Morgan fingerprint density at radius 2 is 1.94 bits per heavy atom. The van der Waals surface area contributed by atoms with Crippen molar-refractivity contribution in [3.63, 3.8) is 0 Å². The second-order valence-corrected chi connectivity index (χ2v) is 4.01. The minimum absolute atomic E-state index is 0.0925. The van der Waals surface area contributed by atoms with Crippen LogP contribution in [0.1, 0.15) is 31.0 Å². The molecule has 0 aliphatic heterocycles. The number of alkyl halides is 3. The van der Waals surface area contributed by atoms with Crippen molar-refractivity contribution in [1.82, 2.24) is 4.98 Å². The van der Waals surface area contributed by atoms with Gasteiger partial charge in [0.2, 0.25) is 0 Å². The normalized spacial score (nSPS) is 14.2. The van der Waals surface area contributed by atoms with Gasteiger partial charge in [-0.25, -0.2) is 0 Å². The summed E-state index contributed by atoms with van der Waals surface area (Å²) in [6, 6.07) is 2.32. The third-order valence-electron chi connectivity index (χ3n) is 2.51. The average molecular weight is 233 g/mol. The molecular weight excluding hydrogens is 219 g/mol. The van der Waals surface area contributed by atoms with Crippen molar-refractivity contribution in [2.24, 2.45) is 5.92 Å².